The summed E-state index contributed by atoms with van der Waals surface area (Å²) in [4.78, 5) is 25.3. The SMILES string of the molecule is COc1cc(NC(=O)N2CCC(NC(C)=O)CC2)cc(OC)c1OC. The van der Waals surface area contributed by atoms with Crippen molar-refractivity contribution in [1.82, 2.24) is 10.2 Å². The van der Waals surface area contributed by atoms with Crippen molar-refractivity contribution in [2.75, 3.05) is 39.7 Å². The van der Waals surface area contributed by atoms with E-state index in [0.29, 0.717) is 36.0 Å². The first-order valence-electron chi connectivity index (χ1n) is 8.11. The Hall–Kier alpha value is -2.64. The van der Waals surface area contributed by atoms with Crippen LogP contribution in [0.3, 0.4) is 0 Å². The summed E-state index contributed by atoms with van der Waals surface area (Å²) in [5, 5.41) is 5.74. The fourth-order valence-electron chi connectivity index (χ4n) is 2.87. The lowest BCUT2D eigenvalue weighted by Gasteiger charge is -2.32. The number of benzene rings is 1. The van der Waals surface area contributed by atoms with Crippen LogP contribution in [0, 0.1) is 0 Å². The quantitative estimate of drug-likeness (QED) is 0.845. The number of hydrogen-bond donors (Lipinski definition) is 2. The number of anilines is 1. The van der Waals surface area contributed by atoms with Gasteiger partial charge in [0.05, 0.1) is 27.0 Å². The third-order valence-corrected chi connectivity index (χ3v) is 4.11. The maximum Gasteiger partial charge on any atom is 0.321 e. The van der Waals surface area contributed by atoms with Crippen LogP contribution in [-0.2, 0) is 4.79 Å². The van der Waals surface area contributed by atoms with Crippen LogP contribution in [0.1, 0.15) is 19.8 Å². The highest BCUT2D eigenvalue weighted by atomic mass is 16.5. The smallest absolute Gasteiger partial charge is 0.321 e. The van der Waals surface area contributed by atoms with E-state index in [0.717, 1.165) is 12.8 Å². The number of carbonyl (C=O) groups is 2. The number of nitrogens with one attached hydrogen (secondary N) is 2. The summed E-state index contributed by atoms with van der Waals surface area (Å²) in [5.74, 6) is 1.38. The van der Waals surface area contributed by atoms with Gasteiger partial charge in [-0.3, -0.25) is 4.79 Å². The molecule has 2 N–H and O–H groups in total. The fourth-order valence-corrected chi connectivity index (χ4v) is 2.87. The maximum absolute atomic E-state index is 12.5. The first-order valence-corrected chi connectivity index (χ1v) is 8.11. The average Bonchev–Trinajstić information content (AvgIpc) is 2.60. The number of piperidine rings is 1. The van der Waals surface area contributed by atoms with Crippen LogP contribution in [0.5, 0.6) is 17.2 Å². The lowest BCUT2D eigenvalue weighted by Crippen LogP contribution is -2.47. The lowest BCUT2D eigenvalue weighted by molar-refractivity contribution is -0.119. The predicted octanol–water partition coefficient (Wildman–Crippen LogP) is 1.84. The van der Waals surface area contributed by atoms with E-state index in [9.17, 15) is 9.59 Å². The van der Waals surface area contributed by atoms with Crippen LogP contribution >= 0.6 is 0 Å². The summed E-state index contributed by atoms with van der Waals surface area (Å²) in [7, 11) is 4.57. The number of ether oxygens (including phenoxy) is 3. The monoisotopic (exact) mass is 351 g/mol. The van der Waals surface area contributed by atoms with E-state index in [2.05, 4.69) is 10.6 Å². The molecule has 1 heterocycles. The molecule has 0 aliphatic carbocycles. The molecule has 0 saturated carbocycles. The van der Waals surface area contributed by atoms with Crippen molar-refractivity contribution in [3.8, 4) is 17.2 Å². The van der Waals surface area contributed by atoms with Crippen molar-refractivity contribution in [3.63, 3.8) is 0 Å². The standard InChI is InChI=1S/C17H25N3O5/c1-11(21)18-12-5-7-20(8-6-12)17(22)19-13-9-14(23-2)16(25-4)15(10-13)24-3/h9-10,12H,5-8H2,1-4H3,(H,18,21)(H,19,22). The van der Waals surface area contributed by atoms with Crippen molar-refractivity contribution >= 4 is 17.6 Å². The van der Waals surface area contributed by atoms with E-state index in [1.165, 1.54) is 28.3 Å². The lowest BCUT2D eigenvalue weighted by atomic mass is 10.1. The van der Waals surface area contributed by atoms with Gasteiger partial charge in [0, 0.05) is 38.2 Å². The van der Waals surface area contributed by atoms with E-state index in [1.807, 2.05) is 0 Å². The zero-order chi connectivity index (χ0) is 18.4. The summed E-state index contributed by atoms with van der Waals surface area (Å²) in [6.07, 6.45) is 1.48. The summed E-state index contributed by atoms with van der Waals surface area (Å²) >= 11 is 0. The van der Waals surface area contributed by atoms with Gasteiger partial charge in [-0.05, 0) is 12.8 Å². The molecule has 3 amide bonds. The molecule has 1 aromatic carbocycles. The molecule has 0 aromatic heterocycles. The van der Waals surface area contributed by atoms with Crippen LogP contribution in [0.2, 0.25) is 0 Å². The maximum atomic E-state index is 12.5. The second kappa shape index (κ2) is 8.46. The Bertz CT molecular complexity index is 602. The first kappa shape index (κ1) is 18.7. The van der Waals surface area contributed by atoms with Crippen LogP contribution < -0.4 is 24.8 Å². The Kier molecular flexibility index (Phi) is 6.32. The van der Waals surface area contributed by atoms with Crippen molar-refractivity contribution in [2.45, 2.75) is 25.8 Å². The van der Waals surface area contributed by atoms with E-state index < -0.39 is 0 Å². The highest BCUT2D eigenvalue weighted by molar-refractivity contribution is 5.90. The van der Waals surface area contributed by atoms with Crippen molar-refractivity contribution < 1.29 is 23.8 Å². The largest absolute Gasteiger partial charge is 0.493 e. The topological polar surface area (TPSA) is 89.1 Å². The summed E-state index contributed by atoms with van der Waals surface area (Å²) in [5.41, 5.74) is 0.559. The van der Waals surface area contributed by atoms with Gasteiger partial charge in [0.15, 0.2) is 11.5 Å². The summed E-state index contributed by atoms with van der Waals surface area (Å²) in [6.45, 7) is 2.67. The third kappa shape index (κ3) is 4.68. The third-order valence-electron chi connectivity index (χ3n) is 4.11. The van der Waals surface area contributed by atoms with E-state index >= 15 is 0 Å². The Morgan fingerprint density at radius 2 is 1.60 bits per heavy atom. The molecular weight excluding hydrogens is 326 g/mol. The number of rotatable bonds is 5. The second-order valence-electron chi connectivity index (χ2n) is 5.81. The zero-order valence-electron chi connectivity index (χ0n) is 15.0. The van der Waals surface area contributed by atoms with Crippen molar-refractivity contribution in [3.05, 3.63) is 12.1 Å². The molecule has 2 rings (SSSR count). The Morgan fingerprint density at radius 3 is 2.04 bits per heavy atom. The van der Waals surface area contributed by atoms with Gasteiger partial charge in [0.2, 0.25) is 11.7 Å². The molecule has 1 aromatic rings. The van der Waals surface area contributed by atoms with Gasteiger partial charge in [-0.2, -0.15) is 0 Å². The van der Waals surface area contributed by atoms with Gasteiger partial charge in [-0.25, -0.2) is 4.79 Å². The van der Waals surface area contributed by atoms with Gasteiger partial charge < -0.3 is 29.7 Å². The highest BCUT2D eigenvalue weighted by Gasteiger charge is 2.24. The Balaban J connectivity index is 2.02. The minimum Gasteiger partial charge on any atom is -0.493 e. The van der Waals surface area contributed by atoms with Crippen molar-refractivity contribution in [2.24, 2.45) is 0 Å². The van der Waals surface area contributed by atoms with Gasteiger partial charge in [0.1, 0.15) is 0 Å². The van der Waals surface area contributed by atoms with Crippen molar-refractivity contribution in [1.29, 1.82) is 0 Å². The Labute approximate surface area is 147 Å². The van der Waals surface area contributed by atoms with Crippen LogP contribution in [0.25, 0.3) is 0 Å². The molecule has 1 aliphatic heterocycles. The molecule has 25 heavy (non-hydrogen) atoms. The number of nitrogens with zero attached hydrogens (tertiary/aromatic N) is 1. The van der Waals surface area contributed by atoms with Gasteiger partial charge >= 0.3 is 6.03 Å². The van der Waals surface area contributed by atoms with Gasteiger partial charge in [-0.1, -0.05) is 0 Å². The number of methoxy groups -OCH3 is 3. The normalized spacial score (nSPS) is 14.6. The van der Waals surface area contributed by atoms with Crippen LogP contribution in [0.4, 0.5) is 10.5 Å². The minimum absolute atomic E-state index is 0.0414. The molecule has 138 valence electrons. The fraction of sp³-hybridized carbons (Fsp3) is 0.529. The predicted molar refractivity (Wildman–Crippen MR) is 93.5 cm³/mol. The zero-order valence-corrected chi connectivity index (χ0v) is 15.0. The highest BCUT2D eigenvalue weighted by Crippen LogP contribution is 2.40. The molecule has 0 spiro atoms. The van der Waals surface area contributed by atoms with Crippen LogP contribution in [0.15, 0.2) is 12.1 Å². The molecule has 1 fully saturated rings. The first-order chi connectivity index (χ1) is 12.0. The molecule has 0 unspecified atom stereocenters. The number of carbonyl (C=O) groups excluding carboxylic acids is 2. The Morgan fingerprint density at radius 1 is 1.04 bits per heavy atom. The number of likely N-dealkylation sites (tertiary alicyclic amines) is 1. The molecule has 1 aliphatic rings. The van der Waals surface area contributed by atoms with Gasteiger partial charge in [-0.15, -0.1) is 0 Å². The molecule has 0 bridgehead atoms. The van der Waals surface area contributed by atoms with E-state index in [1.54, 1.807) is 17.0 Å². The molecular formula is C17H25N3O5. The van der Waals surface area contributed by atoms with Crippen LogP contribution in [-0.4, -0.2) is 57.3 Å². The number of hydrogen-bond acceptors (Lipinski definition) is 5. The number of urea groups is 1. The minimum atomic E-state index is -0.199. The van der Waals surface area contributed by atoms with E-state index in [-0.39, 0.29) is 18.0 Å². The van der Waals surface area contributed by atoms with E-state index in [4.69, 9.17) is 14.2 Å². The molecule has 1 saturated heterocycles. The molecule has 0 radical (unpaired) electrons. The summed E-state index contributed by atoms with van der Waals surface area (Å²) in [6, 6.07) is 3.30. The average molecular weight is 351 g/mol. The summed E-state index contributed by atoms with van der Waals surface area (Å²) < 4.78 is 15.8. The second-order valence-corrected chi connectivity index (χ2v) is 5.81. The molecule has 0 atom stereocenters. The van der Waals surface area contributed by atoms with Gasteiger partial charge in [0.25, 0.3) is 0 Å². The molecule has 8 nitrogen and oxygen atoms in total. The molecule has 8 heteroatoms. The number of amides is 3.